The molecule has 47 heavy (non-hydrogen) atoms. The summed E-state index contributed by atoms with van der Waals surface area (Å²) in [5.41, 5.74) is 0. The lowest BCUT2D eigenvalue weighted by Crippen LogP contribution is -2.28. The molecule has 0 rings (SSSR count). The maximum absolute atomic E-state index is 12.2. The van der Waals surface area contributed by atoms with E-state index < -0.39 is 6.10 Å². The molecule has 0 spiro atoms. The number of ether oxygens (including phenoxy) is 2. The molecule has 0 aromatic rings. The van der Waals surface area contributed by atoms with Crippen LogP contribution in [0.3, 0.4) is 0 Å². The summed E-state index contributed by atoms with van der Waals surface area (Å²) in [6, 6.07) is 0. The summed E-state index contributed by atoms with van der Waals surface area (Å²) in [7, 11) is 0. The van der Waals surface area contributed by atoms with E-state index in [1.807, 2.05) is 0 Å². The molecule has 0 saturated heterocycles. The van der Waals surface area contributed by atoms with Crippen LogP contribution in [0.5, 0.6) is 0 Å². The molecule has 0 heterocycles. The molecular weight excluding hydrogens is 584 g/mol. The molecule has 0 fully saturated rings. The molecule has 1 N–H and O–H groups in total. The van der Waals surface area contributed by atoms with E-state index in [0.29, 0.717) is 12.8 Å². The summed E-state index contributed by atoms with van der Waals surface area (Å²) >= 11 is 0. The van der Waals surface area contributed by atoms with Gasteiger partial charge in [-0.2, -0.15) is 0 Å². The third-order valence-electron chi connectivity index (χ3n) is 9.31. The van der Waals surface area contributed by atoms with Gasteiger partial charge in [-0.05, 0) is 38.5 Å². The van der Waals surface area contributed by atoms with E-state index in [1.54, 1.807) is 0 Å². The number of hydrogen-bond acceptors (Lipinski definition) is 5. The fourth-order valence-electron chi connectivity index (χ4n) is 6.14. The van der Waals surface area contributed by atoms with Gasteiger partial charge in [0.1, 0.15) is 6.61 Å². The molecule has 0 bridgehead atoms. The van der Waals surface area contributed by atoms with Gasteiger partial charge in [0.15, 0.2) is 6.10 Å². The molecule has 0 radical (unpaired) electrons. The molecule has 0 aliphatic rings. The highest BCUT2D eigenvalue weighted by Crippen LogP contribution is 2.15. The fourth-order valence-corrected chi connectivity index (χ4v) is 6.14. The second-order valence-electron chi connectivity index (χ2n) is 14.1. The second-order valence-corrected chi connectivity index (χ2v) is 14.1. The van der Waals surface area contributed by atoms with Crippen LogP contribution in [0, 0.1) is 0 Å². The van der Waals surface area contributed by atoms with Gasteiger partial charge in [-0.25, -0.2) is 0 Å². The van der Waals surface area contributed by atoms with Gasteiger partial charge < -0.3 is 14.6 Å². The van der Waals surface area contributed by atoms with Crippen molar-refractivity contribution in [2.24, 2.45) is 0 Å². The maximum Gasteiger partial charge on any atom is 0.306 e. The van der Waals surface area contributed by atoms with Crippen LogP contribution in [0.15, 0.2) is 12.2 Å². The number of esters is 2. The highest BCUT2D eigenvalue weighted by Gasteiger charge is 2.16. The van der Waals surface area contributed by atoms with Gasteiger partial charge in [0.25, 0.3) is 0 Å². The molecule has 0 aliphatic carbocycles. The Bertz CT molecular complexity index is 676. The largest absolute Gasteiger partial charge is 0.462 e. The Kier molecular flexibility index (Phi) is 38.0. The van der Waals surface area contributed by atoms with Gasteiger partial charge in [0, 0.05) is 12.8 Å². The average Bonchev–Trinajstić information content (AvgIpc) is 3.07. The Morgan fingerprint density at radius 2 is 0.787 bits per heavy atom. The smallest absolute Gasteiger partial charge is 0.306 e. The highest BCUT2D eigenvalue weighted by molar-refractivity contribution is 5.70. The standard InChI is InChI=1S/C42H80O5/c1-3-5-7-9-11-13-15-17-19-20-21-22-23-25-27-29-31-33-35-37-42(45)47-40(38-43)39-46-41(44)36-34-32-30-28-26-24-18-16-14-12-10-8-6-4-2/h16,18,40,43H,3-15,17,19-39H2,1-2H3/b18-16-/t40-/m0/s1. The van der Waals surface area contributed by atoms with Crippen LogP contribution in [0.4, 0.5) is 0 Å². The molecule has 5 nitrogen and oxygen atoms in total. The SMILES string of the molecule is CCCCCCC/C=C\CCCCCCCC(=O)OC[C@H](CO)OC(=O)CCCCCCCCCCCCCCCCCCCCC. The van der Waals surface area contributed by atoms with Crippen LogP contribution in [-0.2, 0) is 19.1 Å². The lowest BCUT2D eigenvalue weighted by Gasteiger charge is -2.15. The van der Waals surface area contributed by atoms with Crippen molar-refractivity contribution in [2.75, 3.05) is 13.2 Å². The van der Waals surface area contributed by atoms with Gasteiger partial charge in [0.2, 0.25) is 0 Å². The lowest BCUT2D eigenvalue weighted by atomic mass is 10.0. The molecule has 278 valence electrons. The summed E-state index contributed by atoms with van der Waals surface area (Å²) in [6.45, 7) is 4.14. The minimum absolute atomic E-state index is 0.0643. The lowest BCUT2D eigenvalue weighted by molar-refractivity contribution is -0.161. The first-order valence-corrected chi connectivity index (χ1v) is 20.7. The Labute approximate surface area is 292 Å². The summed E-state index contributed by atoms with van der Waals surface area (Å²) in [4.78, 5) is 24.3. The number of hydrogen-bond donors (Lipinski definition) is 1. The molecule has 5 heteroatoms. The molecule has 0 aromatic heterocycles. The van der Waals surface area contributed by atoms with Crippen molar-refractivity contribution in [2.45, 2.75) is 232 Å². The van der Waals surface area contributed by atoms with Crippen LogP contribution >= 0.6 is 0 Å². The van der Waals surface area contributed by atoms with Gasteiger partial charge in [-0.1, -0.05) is 187 Å². The van der Waals surface area contributed by atoms with E-state index >= 15 is 0 Å². The number of carbonyl (C=O) groups is 2. The molecule has 0 aliphatic heterocycles. The highest BCUT2D eigenvalue weighted by atomic mass is 16.6. The quantitative estimate of drug-likeness (QED) is 0.0404. The van der Waals surface area contributed by atoms with Gasteiger partial charge in [-0.3, -0.25) is 9.59 Å². The molecule has 1 atom stereocenters. The molecule has 0 amide bonds. The van der Waals surface area contributed by atoms with Crippen molar-refractivity contribution in [3.05, 3.63) is 12.2 Å². The normalized spacial score (nSPS) is 12.1. The molecule has 0 unspecified atom stereocenters. The van der Waals surface area contributed by atoms with Crippen LogP contribution in [0.2, 0.25) is 0 Å². The minimum atomic E-state index is -0.767. The number of rotatable bonds is 38. The number of aliphatic hydroxyl groups is 1. The van der Waals surface area contributed by atoms with Crippen molar-refractivity contribution in [3.8, 4) is 0 Å². The number of aliphatic hydroxyl groups excluding tert-OH is 1. The first-order valence-electron chi connectivity index (χ1n) is 20.7. The van der Waals surface area contributed by atoms with E-state index in [9.17, 15) is 14.7 Å². The number of allylic oxidation sites excluding steroid dienone is 2. The Hall–Kier alpha value is -1.36. The van der Waals surface area contributed by atoms with Crippen molar-refractivity contribution in [1.82, 2.24) is 0 Å². The van der Waals surface area contributed by atoms with Crippen LogP contribution < -0.4 is 0 Å². The van der Waals surface area contributed by atoms with Crippen LogP contribution in [0.1, 0.15) is 226 Å². The predicted octanol–water partition coefficient (Wildman–Crippen LogP) is 12.9. The van der Waals surface area contributed by atoms with Gasteiger partial charge >= 0.3 is 11.9 Å². The number of carbonyl (C=O) groups excluding carboxylic acids is 2. The summed E-state index contributed by atoms with van der Waals surface area (Å²) in [5.74, 6) is -0.589. The zero-order valence-electron chi connectivity index (χ0n) is 31.6. The van der Waals surface area contributed by atoms with E-state index in [4.69, 9.17) is 9.47 Å². The van der Waals surface area contributed by atoms with E-state index in [1.165, 1.54) is 154 Å². The first kappa shape index (κ1) is 45.6. The van der Waals surface area contributed by atoms with E-state index in [-0.39, 0.29) is 25.2 Å². The minimum Gasteiger partial charge on any atom is -0.462 e. The van der Waals surface area contributed by atoms with E-state index in [0.717, 1.165) is 44.9 Å². The summed E-state index contributed by atoms with van der Waals surface area (Å²) in [6.07, 6.45) is 44.2. The van der Waals surface area contributed by atoms with Crippen LogP contribution in [0.25, 0.3) is 0 Å². The third-order valence-corrected chi connectivity index (χ3v) is 9.31. The fraction of sp³-hybridized carbons (Fsp3) is 0.905. The second kappa shape index (κ2) is 39.1. The Morgan fingerprint density at radius 3 is 1.15 bits per heavy atom. The molecule has 0 aromatic carbocycles. The zero-order chi connectivity index (χ0) is 34.3. The van der Waals surface area contributed by atoms with Crippen molar-refractivity contribution >= 4 is 11.9 Å². The van der Waals surface area contributed by atoms with Crippen molar-refractivity contribution in [1.29, 1.82) is 0 Å². The Morgan fingerprint density at radius 1 is 0.468 bits per heavy atom. The third kappa shape index (κ3) is 37.3. The van der Waals surface area contributed by atoms with Gasteiger partial charge in [0.05, 0.1) is 6.61 Å². The summed E-state index contributed by atoms with van der Waals surface area (Å²) < 4.78 is 10.6. The van der Waals surface area contributed by atoms with Crippen molar-refractivity contribution < 1.29 is 24.2 Å². The molecular formula is C42H80O5. The van der Waals surface area contributed by atoms with Gasteiger partial charge in [-0.15, -0.1) is 0 Å². The summed E-state index contributed by atoms with van der Waals surface area (Å²) in [5, 5.41) is 9.56. The average molecular weight is 665 g/mol. The number of unbranched alkanes of at least 4 members (excludes halogenated alkanes) is 28. The Balaban J connectivity index is 3.50. The monoisotopic (exact) mass is 665 g/mol. The molecule has 0 saturated carbocycles. The first-order chi connectivity index (χ1) is 23.1. The van der Waals surface area contributed by atoms with Crippen molar-refractivity contribution in [3.63, 3.8) is 0 Å². The van der Waals surface area contributed by atoms with Crippen LogP contribution in [-0.4, -0.2) is 36.4 Å². The predicted molar refractivity (Wildman–Crippen MR) is 201 cm³/mol. The zero-order valence-corrected chi connectivity index (χ0v) is 31.6. The topological polar surface area (TPSA) is 72.8 Å². The maximum atomic E-state index is 12.2. The van der Waals surface area contributed by atoms with E-state index in [2.05, 4.69) is 26.0 Å².